The summed E-state index contributed by atoms with van der Waals surface area (Å²) in [6.07, 6.45) is 1.06. The van der Waals surface area contributed by atoms with Gasteiger partial charge in [-0.3, -0.25) is 4.99 Å². The number of hydrogen-bond acceptors (Lipinski definition) is 5. The molecule has 5 nitrogen and oxygen atoms in total. The third-order valence-corrected chi connectivity index (χ3v) is 5.65. The van der Waals surface area contributed by atoms with E-state index >= 15 is 0 Å². The lowest BCUT2D eigenvalue weighted by Gasteiger charge is -2.39. The number of ether oxygens (including phenoxy) is 3. The van der Waals surface area contributed by atoms with E-state index in [9.17, 15) is 0 Å². The van der Waals surface area contributed by atoms with Crippen LogP contribution in [0.3, 0.4) is 0 Å². The summed E-state index contributed by atoms with van der Waals surface area (Å²) in [5, 5.41) is 0. The van der Waals surface area contributed by atoms with Gasteiger partial charge in [-0.05, 0) is 62.0 Å². The van der Waals surface area contributed by atoms with Gasteiger partial charge in [0, 0.05) is 23.6 Å². The fourth-order valence-electron chi connectivity index (χ4n) is 4.18. The number of fused-ring (bicyclic) bond motifs is 3. The number of methoxy groups -OCH3 is 3. The van der Waals surface area contributed by atoms with Crippen molar-refractivity contribution in [3.8, 4) is 17.2 Å². The molecule has 0 radical (unpaired) electrons. The van der Waals surface area contributed by atoms with Crippen LogP contribution in [0.4, 0.5) is 0 Å². The Labute approximate surface area is 160 Å². The van der Waals surface area contributed by atoms with Crippen molar-refractivity contribution < 1.29 is 14.2 Å². The summed E-state index contributed by atoms with van der Waals surface area (Å²) < 4.78 is 16.5. The minimum absolute atomic E-state index is 0.295. The fraction of sp³-hybridized carbons (Fsp3) is 0.409. The van der Waals surface area contributed by atoms with Gasteiger partial charge in [-0.15, -0.1) is 0 Å². The number of piperidine rings is 1. The molecule has 2 aromatic rings. The predicted octanol–water partition coefficient (Wildman–Crippen LogP) is 3.35. The Bertz CT molecular complexity index is 861. The van der Waals surface area contributed by atoms with Crippen LogP contribution in [0.15, 0.2) is 41.4 Å². The van der Waals surface area contributed by atoms with Gasteiger partial charge >= 0.3 is 0 Å². The molecule has 0 unspecified atom stereocenters. The Kier molecular flexibility index (Phi) is 4.79. The van der Waals surface area contributed by atoms with Crippen molar-refractivity contribution >= 4 is 5.71 Å². The Balaban J connectivity index is 1.87. The molecule has 0 aromatic heterocycles. The van der Waals surface area contributed by atoms with Gasteiger partial charge in [0.25, 0.3) is 0 Å². The van der Waals surface area contributed by atoms with Crippen LogP contribution < -0.4 is 14.2 Å². The van der Waals surface area contributed by atoms with E-state index in [-0.39, 0.29) is 0 Å². The van der Waals surface area contributed by atoms with E-state index in [1.807, 2.05) is 12.1 Å². The number of likely N-dealkylation sites (N-methyl/N-ethyl adjacent to an activating group) is 1. The van der Waals surface area contributed by atoms with Crippen LogP contribution in [-0.2, 0) is 0 Å². The molecule has 2 aliphatic heterocycles. The number of rotatable bonds is 4. The summed E-state index contributed by atoms with van der Waals surface area (Å²) in [5.74, 6) is 2.74. The molecule has 4 rings (SSSR count). The second-order valence-corrected chi connectivity index (χ2v) is 7.23. The smallest absolute Gasteiger partial charge is 0.161 e. The highest BCUT2D eigenvalue weighted by Gasteiger charge is 2.36. The molecule has 0 aliphatic carbocycles. The van der Waals surface area contributed by atoms with Crippen LogP contribution in [0.1, 0.15) is 29.0 Å². The molecular weight excluding hydrogens is 340 g/mol. The quantitative estimate of drug-likeness (QED) is 0.832. The highest BCUT2D eigenvalue weighted by atomic mass is 16.5. The summed E-state index contributed by atoms with van der Waals surface area (Å²) in [6, 6.07) is 12.6. The molecule has 142 valence electrons. The van der Waals surface area contributed by atoms with Crippen molar-refractivity contribution in [2.75, 3.05) is 41.5 Å². The summed E-state index contributed by atoms with van der Waals surface area (Å²) in [5.41, 5.74) is 4.56. The first kappa shape index (κ1) is 17.9. The van der Waals surface area contributed by atoms with Gasteiger partial charge < -0.3 is 19.1 Å². The lowest BCUT2D eigenvalue weighted by Crippen LogP contribution is -2.41. The van der Waals surface area contributed by atoms with E-state index in [1.54, 1.807) is 21.3 Å². The number of hydrogen-bond donors (Lipinski definition) is 0. The highest BCUT2D eigenvalue weighted by Crippen LogP contribution is 2.42. The third-order valence-electron chi connectivity index (χ3n) is 5.65. The second-order valence-electron chi connectivity index (χ2n) is 7.23. The maximum Gasteiger partial charge on any atom is 0.161 e. The fourth-order valence-corrected chi connectivity index (χ4v) is 4.18. The largest absolute Gasteiger partial charge is 0.497 e. The molecule has 2 aliphatic rings. The van der Waals surface area contributed by atoms with Crippen molar-refractivity contribution in [1.29, 1.82) is 0 Å². The van der Waals surface area contributed by atoms with Crippen molar-refractivity contribution in [3.63, 3.8) is 0 Å². The monoisotopic (exact) mass is 366 g/mol. The minimum atomic E-state index is 0.295. The molecule has 0 bridgehead atoms. The summed E-state index contributed by atoms with van der Waals surface area (Å²) in [7, 11) is 7.23. The highest BCUT2D eigenvalue weighted by molar-refractivity contribution is 6.15. The van der Waals surface area contributed by atoms with E-state index in [1.165, 1.54) is 5.56 Å². The maximum atomic E-state index is 5.59. The average Bonchev–Trinajstić information content (AvgIpc) is 2.72. The first-order valence-electron chi connectivity index (χ1n) is 9.31. The maximum absolute atomic E-state index is 5.59. The predicted molar refractivity (Wildman–Crippen MR) is 107 cm³/mol. The molecule has 2 heterocycles. The SMILES string of the molecule is COc1ccc(C2=N[C@@H]3CCN(C)C[C@@H]3c3cc(OC)c(OC)cc32)cc1. The molecule has 5 heteroatoms. The zero-order valence-corrected chi connectivity index (χ0v) is 16.4. The zero-order valence-electron chi connectivity index (χ0n) is 16.4. The first-order chi connectivity index (χ1) is 13.1. The molecule has 0 amide bonds. The molecule has 27 heavy (non-hydrogen) atoms. The van der Waals surface area contributed by atoms with E-state index < -0.39 is 0 Å². The molecule has 1 saturated heterocycles. The lowest BCUT2D eigenvalue weighted by atomic mass is 9.79. The first-order valence-corrected chi connectivity index (χ1v) is 9.31. The van der Waals surface area contributed by atoms with Gasteiger partial charge in [0.15, 0.2) is 11.5 Å². The van der Waals surface area contributed by atoms with Crippen LogP contribution in [-0.4, -0.2) is 58.1 Å². The Hall–Kier alpha value is -2.53. The normalized spacial score (nSPS) is 21.7. The standard InChI is InChI=1S/C22H26N2O3/c1-24-10-9-19-18(13-24)16-11-20(26-3)21(27-4)12-17(16)22(23-19)14-5-7-15(25-2)8-6-14/h5-8,11-12,18-19H,9-10,13H2,1-4H3/t18-,19-/m1/s1. The topological polar surface area (TPSA) is 43.3 Å². The summed E-state index contributed by atoms with van der Waals surface area (Å²) >= 11 is 0. The molecule has 0 spiro atoms. The zero-order chi connectivity index (χ0) is 19.0. The van der Waals surface area contributed by atoms with Crippen molar-refractivity contribution in [3.05, 3.63) is 53.1 Å². The molecule has 2 aromatic carbocycles. The van der Waals surface area contributed by atoms with E-state index in [0.717, 1.165) is 53.6 Å². The van der Waals surface area contributed by atoms with Gasteiger partial charge in [-0.2, -0.15) is 0 Å². The number of aliphatic imine (C=N–C) groups is 1. The third kappa shape index (κ3) is 3.16. The number of benzene rings is 2. The molecular formula is C22H26N2O3. The molecule has 0 saturated carbocycles. The second kappa shape index (κ2) is 7.24. The van der Waals surface area contributed by atoms with Gasteiger partial charge in [0.1, 0.15) is 5.75 Å². The Morgan fingerprint density at radius 2 is 1.67 bits per heavy atom. The van der Waals surface area contributed by atoms with Crippen LogP contribution in [0.2, 0.25) is 0 Å². The van der Waals surface area contributed by atoms with E-state index in [4.69, 9.17) is 19.2 Å². The molecule has 0 N–H and O–H groups in total. The lowest BCUT2D eigenvalue weighted by molar-refractivity contribution is 0.227. The summed E-state index contributed by atoms with van der Waals surface area (Å²) in [4.78, 5) is 7.57. The Morgan fingerprint density at radius 3 is 2.33 bits per heavy atom. The summed E-state index contributed by atoms with van der Waals surface area (Å²) in [6.45, 7) is 2.08. The van der Waals surface area contributed by atoms with Crippen molar-refractivity contribution in [2.24, 2.45) is 4.99 Å². The van der Waals surface area contributed by atoms with E-state index in [2.05, 4.69) is 36.2 Å². The average molecular weight is 366 g/mol. The number of likely N-dealkylation sites (tertiary alicyclic amines) is 1. The number of nitrogens with zero attached hydrogens (tertiary/aromatic N) is 2. The van der Waals surface area contributed by atoms with Crippen molar-refractivity contribution in [2.45, 2.75) is 18.4 Å². The van der Waals surface area contributed by atoms with Gasteiger partial charge in [0.2, 0.25) is 0 Å². The Morgan fingerprint density at radius 1 is 0.963 bits per heavy atom. The van der Waals surface area contributed by atoms with Crippen molar-refractivity contribution in [1.82, 2.24) is 4.90 Å². The van der Waals surface area contributed by atoms with Crippen LogP contribution in [0, 0.1) is 0 Å². The van der Waals surface area contributed by atoms with Gasteiger partial charge in [0.05, 0.1) is 33.1 Å². The minimum Gasteiger partial charge on any atom is -0.497 e. The van der Waals surface area contributed by atoms with Gasteiger partial charge in [-0.25, -0.2) is 0 Å². The van der Waals surface area contributed by atoms with Crippen LogP contribution >= 0.6 is 0 Å². The molecule has 1 fully saturated rings. The van der Waals surface area contributed by atoms with Crippen LogP contribution in [0.5, 0.6) is 17.2 Å². The molecule has 2 atom stereocenters. The van der Waals surface area contributed by atoms with E-state index in [0.29, 0.717) is 12.0 Å². The van der Waals surface area contributed by atoms with Crippen LogP contribution in [0.25, 0.3) is 0 Å². The van der Waals surface area contributed by atoms with Gasteiger partial charge in [-0.1, -0.05) is 0 Å².